The minimum atomic E-state index is -0.285. The van der Waals surface area contributed by atoms with Crippen molar-refractivity contribution in [2.45, 2.75) is 14.4 Å². The molecule has 0 aliphatic carbocycles. The molecule has 0 aliphatic rings. The van der Waals surface area contributed by atoms with E-state index in [2.05, 4.69) is 57.1 Å². The van der Waals surface area contributed by atoms with Gasteiger partial charge >= 0.3 is 4.34 Å². The number of hydrogen-bond donors (Lipinski definition) is 1. The van der Waals surface area contributed by atoms with Crippen molar-refractivity contribution in [2.75, 3.05) is 12.9 Å². The molecule has 0 atom stereocenters. The summed E-state index contributed by atoms with van der Waals surface area (Å²) in [6, 6.07) is 19.5. The number of para-hydroxylation sites is 1. The molecule has 0 bridgehead atoms. The second kappa shape index (κ2) is 11.2. The Morgan fingerprint density at radius 1 is 1.18 bits per heavy atom. The molecule has 168 valence electrons. The highest BCUT2D eigenvalue weighted by Gasteiger charge is 2.14. The van der Waals surface area contributed by atoms with Gasteiger partial charge in [0.05, 0.1) is 19.1 Å². The van der Waals surface area contributed by atoms with E-state index in [0.29, 0.717) is 5.56 Å². The highest BCUT2D eigenvalue weighted by molar-refractivity contribution is 8.03. The third-order valence-corrected chi connectivity index (χ3v) is 7.91. The standard InChI is InChI=1S/C23H20N4O3S3/c1-30-19-11-5-8-16(21(19)29)12-24-25-20(28)14-32-23-27-26-22(33-23)31-13-17-9-4-7-15-6-2-3-10-18(15)17/h2-12,29H,13-14H2,1H3,(H,25,28)/b24-12+. The Morgan fingerprint density at radius 3 is 2.88 bits per heavy atom. The topological polar surface area (TPSA) is 101 Å². The average Bonchev–Trinajstić information content (AvgIpc) is 3.30. The van der Waals surface area contributed by atoms with Gasteiger partial charge in [-0.15, -0.1) is 0 Å². The van der Waals surface area contributed by atoms with Gasteiger partial charge in [-0.3, -0.25) is 4.79 Å². The van der Waals surface area contributed by atoms with Crippen LogP contribution in [0.4, 0.5) is 0 Å². The number of thioether (sulfide) groups is 2. The Labute approximate surface area is 203 Å². The zero-order valence-electron chi connectivity index (χ0n) is 17.6. The molecule has 0 saturated heterocycles. The van der Waals surface area contributed by atoms with Crippen LogP contribution in [0.1, 0.15) is 11.1 Å². The molecular formula is C23H20N4O3S3. The van der Waals surface area contributed by atoms with Gasteiger partial charge in [-0.05, 0) is 51.1 Å². The van der Waals surface area contributed by atoms with E-state index in [-0.39, 0.29) is 23.2 Å². The van der Waals surface area contributed by atoms with Gasteiger partial charge in [0, 0.05) is 10.9 Å². The first-order valence-electron chi connectivity index (χ1n) is 9.90. The molecule has 4 rings (SSSR count). The predicted molar refractivity (Wildman–Crippen MR) is 131 cm³/mol. The van der Waals surface area contributed by atoms with Crippen LogP contribution in [0, 0.1) is 0 Å². The Balaban J connectivity index is 1.26. The maximum Gasteiger partial charge on any atom is 0.323 e. The van der Waals surface area contributed by atoms with Gasteiger partial charge in [-0.2, -0.15) is 5.10 Å². The number of aromatic amines is 1. The summed E-state index contributed by atoms with van der Waals surface area (Å²) < 4.78 is 6.73. The first-order chi connectivity index (χ1) is 16.1. The number of aromatic nitrogens is 2. The van der Waals surface area contributed by atoms with Gasteiger partial charge in [-0.25, -0.2) is 5.43 Å². The van der Waals surface area contributed by atoms with Crippen LogP contribution in [0.3, 0.4) is 0 Å². The Morgan fingerprint density at radius 2 is 2.00 bits per heavy atom. The number of hydrazone groups is 1. The molecule has 10 heteroatoms. The normalized spacial score (nSPS) is 11.2. The molecule has 4 aromatic rings. The van der Waals surface area contributed by atoms with E-state index >= 15 is 0 Å². The van der Waals surface area contributed by atoms with E-state index in [9.17, 15) is 9.90 Å². The van der Waals surface area contributed by atoms with Crippen LogP contribution in [0.2, 0.25) is 0 Å². The van der Waals surface area contributed by atoms with Crippen molar-refractivity contribution < 1.29 is 19.7 Å². The van der Waals surface area contributed by atoms with Gasteiger partial charge in [0.1, 0.15) is 5.75 Å². The number of benzene rings is 3. The number of rotatable bonds is 9. The maximum atomic E-state index is 12.1. The predicted octanol–water partition coefficient (Wildman–Crippen LogP) is 3.73. The Hall–Kier alpha value is -3.08. The quantitative estimate of drug-likeness (QED) is 0.215. The molecule has 3 aromatic carbocycles. The number of nitrogens with one attached hydrogen (secondary N) is 2. The second-order valence-electron chi connectivity index (χ2n) is 6.77. The van der Waals surface area contributed by atoms with Gasteiger partial charge in [0.25, 0.3) is 5.91 Å². The summed E-state index contributed by atoms with van der Waals surface area (Å²) in [5.74, 6) is 0.653. The average molecular weight is 497 g/mol. The van der Waals surface area contributed by atoms with E-state index in [0.717, 1.165) is 14.4 Å². The SMILES string of the molecule is COc1cccc(/C=N/NC(=O)CSc2n[nH+]c(SCc3cccc4ccccc34)s2)c1[O-]. The highest BCUT2D eigenvalue weighted by Crippen LogP contribution is 2.30. The number of H-pyrrole nitrogens is 1. The van der Waals surface area contributed by atoms with Crippen molar-refractivity contribution in [3.63, 3.8) is 0 Å². The number of methoxy groups -OCH3 is 1. The molecule has 0 radical (unpaired) electrons. The smallest absolute Gasteiger partial charge is 0.323 e. The van der Waals surface area contributed by atoms with Gasteiger partial charge < -0.3 is 9.84 Å². The van der Waals surface area contributed by atoms with Crippen molar-refractivity contribution in [2.24, 2.45) is 5.10 Å². The van der Waals surface area contributed by atoms with Crippen LogP contribution in [0.25, 0.3) is 10.8 Å². The number of carbonyl (C=O) groups excluding carboxylic acids is 1. The second-order valence-corrected chi connectivity index (χ2v) is 10.2. The summed E-state index contributed by atoms with van der Waals surface area (Å²) in [6.45, 7) is 0. The molecule has 2 N–H and O–H groups in total. The summed E-state index contributed by atoms with van der Waals surface area (Å²) in [4.78, 5) is 12.1. The summed E-state index contributed by atoms with van der Waals surface area (Å²) in [5, 5.41) is 25.7. The van der Waals surface area contributed by atoms with Crippen LogP contribution in [0.15, 0.2) is 74.4 Å². The van der Waals surface area contributed by atoms with Crippen LogP contribution in [-0.2, 0) is 10.5 Å². The fraction of sp³-hybridized carbons (Fsp3) is 0.130. The van der Waals surface area contributed by atoms with Crippen molar-refractivity contribution in [3.05, 3.63) is 71.8 Å². The molecule has 7 nitrogen and oxygen atoms in total. The number of nitrogens with zero attached hydrogens (tertiary/aromatic N) is 2. The first-order valence-corrected chi connectivity index (χ1v) is 12.7. The lowest BCUT2D eigenvalue weighted by Gasteiger charge is -2.14. The number of carbonyl (C=O) groups is 1. The zero-order chi connectivity index (χ0) is 23.0. The third-order valence-electron chi connectivity index (χ3n) is 4.61. The van der Waals surface area contributed by atoms with Crippen molar-refractivity contribution in [3.8, 4) is 11.5 Å². The summed E-state index contributed by atoms with van der Waals surface area (Å²) in [6.07, 6.45) is 1.31. The maximum absolute atomic E-state index is 12.1. The molecule has 1 aromatic heterocycles. The molecule has 1 heterocycles. The monoisotopic (exact) mass is 496 g/mol. The van der Waals surface area contributed by atoms with Crippen LogP contribution >= 0.6 is 34.9 Å². The molecule has 1 amide bonds. The molecule has 0 fully saturated rings. The van der Waals surface area contributed by atoms with E-state index in [1.807, 2.05) is 6.07 Å². The number of hydrogen-bond acceptors (Lipinski definition) is 8. The van der Waals surface area contributed by atoms with Crippen molar-refractivity contribution in [1.29, 1.82) is 0 Å². The van der Waals surface area contributed by atoms with Gasteiger partial charge in [-0.1, -0.05) is 77.2 Å². The van der Waals surface area contributed by atoms with Crippen LogP contribution in [0.5, 0.6) is 11.5 Å². The molecule has 33 heavy (non-hydrogen) atoms. The molecular weight excluding hydrogens is 476 g/mol. The molecule has 0 saturated carbocycles. The fourth-order valence-electron chi connectivity index (χ4n) is 3.03. The van der Waals surface area contributed by atoms with Gasteiger partial charge in [0.15, 0.2) is 0 Å². The zero-order valence-corrected chi connectivity index (χ0v) is 20.1. The Bertz CT molecular complexity index is 1290. The summed E-state index contributed by atoms with van der Waals surface area (Å²) in [7, 11) is 1.43. The first kappa shape index (κ1) is 23.1. The fourth-order valence-corrected chi connectivity index (χ4v) is 5.92. The van der Waals surface area contributed by atoms with Crippen LogP contribution < -0.4 is 20.4 Å². The Kier molecular flexibility index (Phi) is 7.82. The van der Waals surface area contributed by atoms with E-state index in [1.165, 1.54) is 52.8 Å². The molecule has 0 aliphatic heterocycles. The number of ether oxygens (including phenoxy) is 1. The van der Waals surface area contributed by atoms with E-state index < -0.39 is 0 Å². The molecule has 0 unspecified atom stereocenters. The summed E-state index contributed by atoms with van der Waals surface area (Å²) >= 11 is 4.52. The van der Waals surface area contributed by atoms with Gasteiger partial charge in [0.2, 0.25) is 4.34 Å². The van der Waals surface area contributed by atoms with Crippen LogP contribution in [-0.4, -0.2) is 30.1 Å². The van der Waals surface area contributed by atoms with E-state index in [4.69, 9.17) is 4.74 Å². The third kappa shape index (κ3) is 6.04. The van der Waals surface area contributed by atoms with Crippen molar-refractivity contribution >= 4 is 57.8 Å². The minimum absolute atomic E-state index is 0.161. The van der Waals surface area contributed by atoms with Crippen molar-refractivity contribution in [1.82, 2.24) is 10.5 Å². The largest absolute Gasteiger partial charge is 0.870 e. The lowest BCUT2D eigenvalue weighted by Crippen LogP contribution is -2.19. The number of amides is 1. The minimum Gasteiger partial charge on any atom is -0.870 e. The van der Waals surface area contributed by atoms with E-state index in [1.54, 1.807) is 30.0 Å². The highest BCUT2D eigenvalue weighted by atomic mass is 32.2. The lowest BCUT2D eigenvalue weighted by atomic mass is 10.1. The molecule has 0 spiro atoms. The number of fused-ring (bicyclic) bond motifs is 1. The summed E-state index contributed by atoms with van der Waals surface area (Å²) in [5.41, 5.74) is 4.03. The lowest BCUT2D eigenvalue weighted by molar-refractivity contribution is -0.492.